The average molecular weight is 218 g/mol. The first-order valence-electron chi connectivity index (χ1n) is 5.34. The zero-order valence-electron chi connectivity index (χ0n) is 9.50. The highest BCUT2D eigenvalue weighted by Gasteiger charge is 2.19. The van der Waals surface area contributed by atoms with Crippen molar-refractivity contribution in [1.29, 1.82) is 0 Å². The van der Waals surface area contributed by atoms with E-state index in [0.29, 0.717) is 5.39 Å². The highest BCUT2D eigenvalue weighted by molar-refractivity contribution is 5.83. The van der Waals surface area contributed by atoms with Gasteiger partial charge < -0.3 is 5.11 Å². The molecule has 1 N–H and O–H groups in total. The minimum Gasteiger partial charge on any atom is -0.395 e. The van der Waals surface area contributed by atoms with Crippen molar-refractivity contribution < 1.29 is 9.50 Å². The minimum atomic E-state index is -0.337. The maximum absolute atomic E-state index is 13.6. The number of benzene rings is 2. The normalized spacial score (nSPS) is 12.0. The number of hydrogen-bond acceptors (Lipinski definition) is 1. The van der Waals surface area contributed by atoms with Crippen molar-refractivity contribution in [2.75, 3.05) is 6.61 Å². The highest BCUT2D eigenvalue weighted by atomic mass is 19.1. The SMILES string of the molecule is CC(C)(CO)c1ccc2cccc(F)c2c1. The van der Waals surface area contributed by atoms with Crippen LogP contribution in [0.25, 0.3) is 10.8 Å². The molecular formula is C14H15FO. The molecular weight excluding hydrogens is 203 g/mol. The van der Waals surface area contributed by atoms with Crippen LogP contribution >= 0.6 is 0 Å². The van der Waals surface area contributed by atoms with Crippen molar-refractivity contribution in [2.45, 2.75) is 19.3 Å². The Balaban J connectivity index is 2.64. The number of fused-ring (bicyclic) bond motifs is 1. The second kappa shape index (κ2) is 3.87. The number of halogens is 1. The van der Waals surface area contributed by atoms with Crippen molar-refractivity contribution in [3.05, 3.63) is 47.8 Å². The van der Waals surface area contributed by atoms with E-state index in [1.807, 2.05) is 38.1 Å². The second-order valence-corrected chi connectivity index (χ2v) is 4.72. The fourth-order valence-electron chi connectivity index (χ4n) is 1.75. The Bertz CT molecular complexity index is 517. The van der Waals surface area contributed by atoms with E-state index in [4.69, 9.17) is 0 Å². The first kappa shape index (κ1) is 11.1. The number of aliphatic hydroxyl groups is 1. The predicted molar refractivity (Wildman–Crippen MR) is 64.0 cm³/mol. The van der Waals surface area contributed by atoms with Crippen LogP contribution in [0.15, 0.2) is 36.4 Å². The molecule has 0 aromatic heterocycles. The van der Waals surface area contributed by atoms with Crippen LogP contribution in [0.4, 0.5) is 4.39 Å². The Morgan fingerprint density at radius 2 is 1.94 bits per heavy atom. The van der Waals surface area contributed by atoms with Crippen LogP contribution < -0.4 is 0 Å². The average Bonchev–Trinajstić information content (AvgIpc) is 2.29. The van der Waals surface area contributed by atoms with Gasteiger partial charge >= 0.3 is 0 Å². The second-order valence-electron chi connectivity index (χ2n) is 4.72. The summed E-state index contributed by atoms with van der Waals surface area (Å²) in [5.41, 5.74) is 0.615. The smallest absolute Gasteiger partial charge is 0.131 e. The lowest BCUT2D eigenvalue weighted by Gasteiger charge is -2.22. The van der Waals surface area contributed by atoms with Crippen LogP contribution in [0.1, 0.15) is 19.4 Å². The van der Waals surface area contributed by atoms with Crippen LogP contribution in [0.2, 0.25) is 0 Å². The fraction of sp³-hybridized carbons (Fsp3) is 0.286. The third-order valence-corrected chi connectivity index (χ3v) is 3.01. The van der Waals surface area contributed by atoms with Gasteiger partial charge in [0.05, 0.1) is 6.61 Å². The molecule has 0 atom stereocenters. The molecule has 0 heterocycles. The Morgan fingerprint density at radius 3 is 2.62 bits per heavy atom. The molecule has 0 aliphatic carbocycles. The van der Waals surface area contributed by atoms with Crippen molar-refractivity contribution >= 4 is 10.8 Å². The van der Waals surface area contributed by atoms with Crippen LogP contribution in [0, 0.1) is 5.82 Å². The molecule has 0 unspecified atom stereocenters. The molecule has 0 spiro atoms. The van der Waals surface area contributed by atoms with Gasteiger partial charge in [0.1, 0.15) is 5.82 Å². The number of rotatable bonds is 2. The van der Waals surface area contributed by atoms with Crippen molar-refractivity contribution in [2.24, 2.45) is 0 Å². The number of hydrogen-bond donors (Lipinski definition) is 1. The van der Waals surface area contributed by atoms with E-state index in [1.54, 1.807) is 6.07 Å². The van der Waals surface area contributed by atoms with E-state index in [-0.39, 0.29) is 17.8 Å². The molecule has 0 saturated carbocycles. The van der Waals surface area contributed by atoms with Crippen LogP contribution in [-0.2, 0) is 5.41 Å². The third-order valence-electron chi connectivity index (χ3n) is 3.01. The molecule has 0 fully saturated rings. The molecule has 0 bridgehead atoms. The summed E-state index contributed by atoms with van der Waals surface area (Å²) in [6.45, 7) is 3.93. The lowest BCUT2D eigenvalue weighted by molar-refractivity contribution is 0.218. The monoisotopic (exact) mass is 218 g/mol. The molecule has 0 saturated heterocycles. The van der Waals surface area contributed by atoms with E-state index < -0.39 is 0 Å². The quantitative estimate of drug-likeness (QED) is 0.820. The summed E-state index contributed by atoms with van der Waals surface area (Å²) >= 11 is 0. The summed E-state index contributed by atoms with van der Waals surface area (Å²) in [6, 6.07) is 10.7. The Labute approximate surface area is 94.5 Å². The molecule has 2 aromatic carbocycles. The summed E-state index contributed by atoms with van der Waals surface area (Å²) < 4.78 is 13.6. The van der Waals surface area contributed by atoms with Crippen molar-refractivity contribution in [1.82, 2.24) is 0 Å². The molecule has 1 nitrogen and oxygen atoms in total. The van der Waals surface area contributed by atoms with Gasteiger partial charge in [-0.15, -0.1) is 0 Å². The van der Waals surface area contributed by atoms with Crippen molar-refractivity contribution in [3.63, 3.8) is 0 Å². The van der Waals surface area contributed by atoms with Gasteiger partial charge in [-0.3, -0.25) is 0 Å². The standard InChI is InChI=1S/C14H15FO/c1-14(2,9-16)11-7-6-10-4-3-5-13(15)12(10)8-11/h3-8,16H,9H2,1-2H3. The van der Waals surface area contributed by atoms with Gasteiger partial charge in [0, 0.05) is 10.8 Å². The summed E-state index contributed by atoms with van der Waals surface area (Å²) in [6.07, 6.45) is 0. The van der Waals surface area contributed by atoms with Gasteiger partial charge in [-0.05, 0) is 23.1 Å². The van der Waals surface area contributed by atoms with Crippen LogP contribution in [0.3, 0.4) is 0 Å². The van der Waals surface area contributed by atoms with Gasteiger partial charge in [0.2, 0.25) is 0 Å². The summed E-state index contributed by atoms with van der Waals surface area (Å²) in [5.74, 6) is -0.215. The molecule has 0 amide bonds. The van der Waals surface area contributed by atoms with Gasteiger partial charge in [-0.1, -0.05) is 38.1 Å². The molecule has 0 aliphatic heterocycles. The third kappa shape index (κ3) is 1.81. The van der Waals surface area contributed by atoms with E-state index in [0.717, 1.165) is 10.9 Å². The molecule has 2 rings (SSSR count). The summed E-state index contributed by atoms with van der Waals surface area (Å²) in [5, 5.41) is 10.8. The van der Waals surface area contributed by atoms with Gasteiger partial charge in [0.25, 0.3) is 0 Å². The van der Waals surface area contributed by atoms with Gasteiger partial charge in [-0.25, -0.2) is 4.39 Å². The number of aliphatic hydroxyl groups excluding tert-OH is 1. The molecule has 0 radical (unpaired) electrons. The topological polar surface area (TPSA) is 20.2 Å². The Hall–Kier alpha value is -1.41. The largest absolute Gasteiger partial charge is 0.395 e. The molecule has 84 valence electrons. The first-order valence-corrected chi connectivity index (χ1v) is 5.34. The predicted octanol–water partition coefficient (Wildman–Crippen LogP) is 3.25. The fourth-order valence-corrected chi connectivity index (χ4v) is 1.75. The highest BCUT2D eigenvalue weighted by Crippen LogP contribution is 2.27. The maximum Gasteiger partial charge on any atom is 0.131 e. The minimum absolute atomic E-state index is 0.0486. The maximum atomic E-state index is 13.6. The summed E-state index contributed by atoms with van der Waals surface area (Å²) in [4.78, 5) is 0. The molecule has 16 heavy (non-hydrogen) atoms. The van der Waals surface area contributed by atoms with E-state index >= 15 is 0 Å². The van der Waals surface area contributed by atoms with Crippen LogP contribution in [0.5, 0.6) is 0 Å². The Morgan fingerprint density at radius 1 is 1.19 bits per heavy atom. The molecule has 0 aliphatic rings. The van der Waals surface area contributed by atoms with E-state index in [1.165, 1.54) is 6.07 Å². The van der Waals surface area contributed by atoms with Gasteiger partial charge in [-0.2, -0.15) is 0 Å². The van der Waals surface area contributed by atoms with E-state index in [2.05, 4.69) is 0 Å². The van der Waals surface area contributed by atoms with Crippen molar-refractivity contribution in [3.8, 4) is 0 Å². The lowest BCUT2D eigenvalue weighted by Crippen LogP contribution is -2.21. The summed E-state index contributed by atoms with van der Waals surface area (Å²) in [7, 11) is 0. The first-order chi connectivity index (χ1) is 7.54. The van der Waals surface area contributed by atoms with Crippen LogP contribution in [-0.4, -0.2) is 11.7 Å². The zero-order valence-corrected chi connectivity index (χ0v) is 9.50. The molecule has 2 aromatic rings. The van der Waals surface area contributed by atoms with Gasteiger partial charge in [0.15, 0.2) is 0 Å². The van der Waals surface area contributed by atoms with E-state index in [9.17, 15) is 9.50 Å². The lowest BCUT2D eigenvalue weighted by atomic mass is 9.84. The zero-order chi connectivity index (χ0) is 11.8. The molecule has 2 heteroatoms. The Kier molecular flexibility index (Phi) is 2.68.